The van der Waals surface area contributed by atoms with E-state index in [1.165, 1.54) is 4.68 Å². The van der Waals surface area contributed by atoms with Crippen molar-refractivity contribution >= 4 is 11.7 Å². The van der Waals surface area contributed by atoms with Crippen LogP contribution in [0.25, 0.3) is 0 Å². The van der Waals surface area contributed by atoms with Crippen molar-refractivity contribution in [2.24, 2.45) is 0 Å². The average molecular weight is 249 g/mol. The summed E-state index contributed by atoms with van der Waals surface area (Å²) >= 11 is 0. The molecule has 0 saturated heterocycles. The zero-order valence-corrected chi connectivity index (χ0v) is 9.86. The van der Waals surface area contributed by atoms with Gasteiger partial charge in [-0.2, -0.15) is 5.10 Å². The third kappa shape index (κ3) is 3.58. The molecule has 1 amide bonds. The van der Waals surface area contributed by atoms with Crippen molar-refractivity contribution in [2.75, 3.05) is 12.3 Å². The van der Waals surface area contributed by atoms with E-state index >= 15 is 0 Å². The summed E-state index contributed by atoms with van der Waals surface area (Å²) in [5, 5.41) is 14.3. The largest absolute Gasteiger partial charge is 0.382 e. The highest BCUT2D eigenvalue weighted by atomic mass is 16.2. The van der Waals surface area contributed by atoms with Crippen LogP contribution in [0.1, 0.15) is 6.42 Å². The Labute approximate surface area is 104 Å². The minimum absolute atomic E-state index is 0.0864. The molecule has 0 aliphatic carbocycles. The van der Waals surface area contributed by atoms with Crippen molar-refractivity contribution in [1.82, 2.24) is 30.1 Å². The molecule has 96 valence electrons. The van der Waals surface area contributed by atoms with Crippen LogP contribution in [0.4, 0.5) is 5.82 Å². The second-order valence-electron chi connectivity index (χ2n) is 3.81. The molecule has 0 bridgehead atoms. The molecule has 0 aliphatic rings. The van der Waals surface area contributed by atoms with Gasteiger partial charge in [-0.05, 0) is 12.5 Å². The second kappa shape index (κ2) is 5.80. The van der Waals surface area contributed by atoms with E-state index in [1.54, 1.807) is 29.3 Å². The number of hydrogen-bond donors (Lipinski definition) is 2. The van der Waals surface area contributed by atoms with Crippen LogP contribution in [0, 0.1) is 0 Å². The first-order valence-electron chi connectivity index (χ1n) is 5.64. The number of nitrogens with two attached hydrogens (primary N) is 1. The molecule has 2 aromatic heterocycles. The van der Waals surface area contributed by atoms with E-state index in [9.17, 15) is 4.79 Å². The molecular formula is C10H15N7O. The van der Waals surface area contributed by atoms with Crippen LogP contribution in [0.2, 0.25) is 0 Å². The number of rotatable bonds is 6. The highest BCUT2D eigenvalue weighted by Gasteiger charge is 2.03. The minimum Gasteiger partial charge on any atom is -0.382 e. The molecule has 0 spiro atoms. The van der Waals surface area contributed by atoms with Crippen LogP contribution in [0.3, 0.4) is 0 Å². The van der Waals surface area contributed by atoms with Crippen molar-refractivity contribution in [3.63, 3.8) is 0 Å². The Hall–Kier alpha value is -2.38. The van der Waals surface area contributed by atoms with E-state index < -0.39 is 0 Å². The molecule has 8 nitrogen and oxygen atoms in total. The fourth-order valence-corrected chi connectivity index (χ4v) is 1.49. The van der Waals surface area contributed by atoms with Crippen molar-refractivity contribution in [2.45, 2.75) is 19.5 Å². The van der Waals surface area contributed by atoms with E-state index in [4.69, 9.17) is 5.73 Å². The van der Waals surface area contributed by atoms with Gasteiger partial charge in [0.15, 0.2) is 0 Å². The molecule has 2 aromatic rings. The number of hydrogen-bond acceptors (Lipinski definition) is 5. The maximum Gasteiger partial charge on any atom is 0.241 e. The maximum absolute atomic E-state index is 11.5. The summed E-state index contributed by atoms with van der Waals surface area (Å²) in [5.41, 5.74) is 5.45. The van der Waals surface area contributed by atoms with Crippen LogP contribution >= 0.6 is 0 Å². The quantitative estimate of drug-likeness (QED) is 0.656. The van der Waals surface area contributed by atoms with E-state index in [0.29, 0.717) is 12.4 Å². The van der Waals surface area contributed by atoms with E-state index in [0.717, 1.165) is 13.0 Å². The van der Waals surface area contributed by atoms with Gasteiger partial charge < -0.3 is 11.1 Å². The maximum atomic E-state index is 11.5. The number of aromatic nitrogens is 5. The summed E-state index contributed by atoms with van der Waals surface area (Å²) in [6, 6.07) is 1.65. The van der Waals surface area contributed by atoms with Gasteiger partial charge in [0.1, 0.15) is 12.4 Å². The first-order valence-corrected chi connectivity index (χ1v) is 5.64. The summed E-state index contributed by atoms with van der Waals surface area (Å²) in [4.78, 5) is 11.5. The fraction of sp³-hybridized carbons (Fsp3) is 0.400. The van der Waals surface area contributed by atoms with Gasteiger partial charge >= 0.3 is 0 Å². The van der Waals surface area contributed by atoms with Gasteiger partial charge in [-0.1, -0.05) is 5.21 Å². The predicted molar refractivity (Wildman–Crippen MR) is 64.3 cm³/mol. The molecule has 18 heavy (non-hydrogen) atoms. The monoisotopic (exact) mass is 249 g/mol. The molecule has 0 radical (unpaired) electrons. The topological polar surface area (TPSA) is 104 Å². The molecular weight excluding hydrogens is 234 g/mol. The Kier molecular flexibility index (Phi) is 3.90. The highest BCUT2D eigenvalue weighted by Crippen LogP contribution is 1.95. The first kappa shape index (κ1) is 12.1. The van der Waals surface area contributed by atoms with Crippen molar-refractivity contribution in [1.29, 1.82) is 0 Å². The summed E-state index contributed by atoms with van der Waals surface area (Å²) in [6.45, 7) is 1.50. The highest BCUT2D eigenvalue weighted by molar-refractivity contribution is 5.75. The zero-order chi connectivity index (χ0) is 12.8. The molecule has 0 aromatic carbocycles. The number of carbonyl (C=O) groups is 1. The molecule has 8 heteroatoms. The van der Waals surface area contributed by atoms with E-state index in [2.05, 4.69) is 20.7 Å². The van der Waals surface area contributed by atoms with Crippen LogP contribution in [0.5, 0.6) is 0 Å². The van der Waals surface area contributed by atoms with E-state index in [1.807, 2.05) is 0 Å². The Balaban J connectivity index is 1.63. The van der Waals surface area contributed by atoms with Crippen LogP contribution in [-0.2, 0) is 17.9 Å². The van der Waals surface area contributed by atoms with Gasteiger partial charge in [-0.15, -0.1) is 5.10 Å². The molecule has 0 unspecified atom stereocenters. The molecule has 0 fully saturated rings. The lowest BCUT2D eigenvalue weighted by atomic mass is 10.4. The number of nitrogen functional groups attached to an aromatic ring is 1. The fourth-order valence-electron chi connectivity index (χ4n) is 1.49. The van der Waals surface area contributed by atoms with E-state index in [-0.39, 0.29) is 12.5 Å². The van der Waals surface area contributed by atoms with Gasteiger partial charge in [0, 0.05) is 25.5 Å². The Morgan fingerprint density at radius 1 is 1.39 bits per heavy atom. The standard InChI is InChI=1S/C10H15N7O/c11-9-2-6-17(14-9)8-10(18)12-3-1-5-16-7-4-13-15-16/h2,4,6-7H,1,3,5,8H2,(H2,11,14)(H,12,18). The normalized spacial score (nSPS) is 10.4. The predicted octanol–water partition coefficient (Wildman–Crippen LogP) is -0.737. The number of amides is 1. The molecule has 0 atom stereocenters. The SMILES string of the molecule is Nc1ccn(CC(=O)NCCCn2ccnn2)n1. The minimum atomic E-state index is -0.0864. The van der Waals surface area contributed by atoms with Crippen molar-refractivity contribution in [3.05, 3.63) is 24.7 Å². The van der Waals surface area contributed by atoms with Crippen molar-refractivity contribution < 1.29 is 4.79 Å². The smallest absolute Gasteiger partial charge is 0.241 e. The average Bonchev–Trinajstić information content (AvgIpc) is 2.96. The first-order chi connectivity index (χ1) is 8.74. The Morgan fingerprint density at radius 2 is 2.28 bits per heavy atom. The molecule has 2 heterocycles. The summed E-state index contributed by atoms with van der Waals surface area (Å²) < 4.78 is 3.22. The number of carbonyl (C=O) groups excluding carboxylic acids is 1. The van der Waals surface area contributed by atoms with Crippen LogP contribution in [-0.4, -0.2) is 37.2 Å². The second-order valence-corrected chi connectivity index (χ2v) is 3.81. The number of nitrogens with zero attached hydrogens (tertiary/aromatic N) is 5. The zero-order valence-electron chi connectivity index (χ0n) is 9.86. The van der Waals surface area contributed by atoms with Crippen molar-refractivity contribution in [3.8, 4) is 0 Å². The third-order valence-corrected chi connectivity index (χ3v) is 2.32. The molecule has 3 N–H and O–H groups in total. The van der Waals surface area contributed by atoms with Gasteiger partial charge in [-0.3, -0.25) is 14.2 Å². The Morgan fingerprint density at radius 3 is 2.94 bits per heavy atom. The lowest BCUT2D eigenvalue weighted by molar-refractivity contribution is -0.121. The lowest BCUT2D eigenvalue weighted by Gasteiger charge is -2.05. The van der Waals surface area contributed by atoms with Crippen LogP contribution < -0.4 is 11.1 Å². The number of anilines is 1. The molecule has 2 rings (SSSR count). The lowest BCUT2D eigenvalue weighted by Crippen LogP contribution is -2.29. The van der Waals surface area contributed by atoms with Crippen LogP contribution in [0.15, 0.2) is 24.7 Å². The molecule has 0 saturated carbocycles. The summed E-state index contributed by atoms with van der Waals surface area (Å²) in [7, 11) is 0. The van der Waals surface area contributed by atoms with Gasteiger partial charge in [-0.25, -0.2) is 0 Å². The summed E-state index contributed by atoms with van der Waals surface area (Å²) in [6.07, 6.45) is 5.88. The number of aryl methyl sites for hydroxylation is 1. The van der Waals surface area contributed by atoms with Gasteiger partial charge in [0.2, 0.25) is 5.91 Å². The third-order valence-electron chi connectivity index (χ3n) is 2.32. The summed E-state index contributed by atoms with van der Waals surface area (Å²) in [5.74, 6) is 0.325. The van der Waals surface area contributed by atoms with Gasteiger partial charge in [0.25, 0.3) is 0 Å². The molecule has 0 aliphatic heterocycles. The number of nitrogens with one attached hydrogen (secondary N) is 1. The van der Waals surface area contributed by atoms with Gasteiger partial charge in [0.05, 0.1) is 6.20 Å². The Bertz CT molecular complexity index is 490.